The van der Waals surface area contributed by atoms with Crippen molar-refractivity contribution in [3.63, 3.8) is 0 Å². The molecule has 1 aromatic heterocycles. The van der Waals surface area contributed by atoms with E-state index in [1.54, 1.807) is 25.2 Å². The first kappa shape index (κ1) is 20.7. The van der Waals surface area contributed by atoms with E-state index in [0.717, 1.165) is 28.7 Å². The molecule has 1 aliphatic rings. The number of halogens is 1. The first-order chi connectivity index (χ1) is 13.4. The van der Waals surface area contributed by atoms with Gasteiger partial charge in [-0.25, -0.2) is 14.8 Å². The Bertz CT molecular complexity index is 1060. The molecule has 2 aromatic carbocycles. The normalized spacial score (nSPS) is 15.9. The summed E-state index contributed by atoms with van der Waals surface area (Å²) in [6.07, 6.45) is -0.184. The molecule has 1 saturated heterocycles. The van der Waals surface area contributed by atoms with E-state index in [1.165, 1.54) is 4.90 Å². The van der Waals surface area contributed by atoms with Gasteiger partial charge in [0, 0.05) is 25.5 Å². The number of rotatable bonds is 3. The van der Waals surface area contributed by atoms with Gasteiger partial charge in [0.25, 0.3) is 0 Å². The second-order valence-corrected chi connectivity index (χ2v) is 7.19. The average molecular weight is 415 g/mol. The molecule has 0 aliphatic carbocycles. The van der Waals surface area contributed by atoms with Crippen LogP contribution in [0.15, 0.2) is 42.5 Å². The number of fused-ring (bicyclic) bond motifs is 1. The summed E-state index contributed by atoms with van der Waals surface area (Å²) in [5.74, 6) is 1.36. The molecule has 29 heavy (non-hydrogen) atoms. The van der Waals surface area contributed by atoms with Gasteiger partial charge in [0.1, 0.15) is 11.6 Å². The van der Waals surface area contributed by atoms with Gasteiger partial charge >= 0.3 is 6.09 Å². The van der Waals surface area contributed by atoms with Gasteiger partial charge in [0.15, 0.2) is 5.82 Å². The molecule has 7 nitrogen and oxygen atoms in total. The number of carboxylic acid groups (broad SMARTS) is 1. The zero-order valence-corrected chi connectivity index (χ0v) is 17.1. The van der Waals surface area contributed by atoms with E-state index in [0.29, 0.717) is 24.5 Å². The van der Waals surface area contributed by atoms with Gasteiger partial charge in [-0.2, -0.15) is 0 Å². The Hall–Kier alpha value is -3.06. The fourth-order valence-corrected chi connectivity index (χ4v) is 3.65. The summed E-state index contributed by atoms with van der Waals surface area (Å²) >= 11 is 0. The van der Waals surface area contributed by atoms with E-state index in [2.05, 4.69) is 9.88 Å². The molecule has 4 rings (SSSR count). The third-order valence-electron chi connectivity index (χ3n) is 5.29. The summed E-state index contributed by atoms with van der Waals surface area (Å²) in [5.41, 5.74) is 2.47. The molecule has 0 bridgehead atoms. The minimum Gasteiger partial charge on any atom is -0.507 e. The number of hydrogen-bond donors (Lipinski definition) is 2. The van der Waals surface area contributed by atoms with E-state index in [-0.39, 0.29) is 24.2 Å². The number of amides is 1. The van der Waals surface area contributed by atoms with Crippen LogP contribution in [0.4, 0.5) is 10.6 Å². The van der Waals surface area contributed by atoms with Crippen molar-refractivity contribution in [2.24, 2.45) is 0 Å². The number of likely N-dealkylation sites (N-methyl/N-ethyl adjacent to an activating group) is 1. The van der Waals surface area contributed by atoms with Crippen molar-refractivity contribution in [2.75, 3.05) is 25.0 Å². The molecule has 2 N–H and O–H groups in total. The highest BCUT2D eigenvalue weighted by Crippen LogP contribution is 2.33. The van der Waals surface area contributed by atoms with Crippen molar-refractivity contribution in [1.29, 1.82) is 0 Å². The van der Waals surface area contributed by atoms with Crippen LogP contribution in [0.1, 0.15) is 12.0 Å². The molecule has 1 fully saturated rings. The molecular weight excluding hydrogens is 392 g/mol. The van der Waals surface area contributed by atoms with Crippen molar-refractivity contribution in [1.82, 2.24) is 14.9 Å². The van der Waals surface area contributed by atoms with Crippen LogP contribution < -0.4 is 4.90 Å². The standard InChI is InChI=1S/C21H22N4O3.ClH/c1-13-7-8-15-17(11-13)22-19(16-5-3-4-6-18(16)26)23-20(15)25-10-9-14(12-25)24(2)21(27)28;/h3-8,11,14,26H,9-10,12H2,1-2H3,(H,27,28);1H/t14-;/m0./s1. The third-order valence-corrected chi connectivity index (χ3v) is 5.29. The highest BCUT2D eigenvalue weighted by molar-refractivity contribution is 5.92. The lowest BCUT2D eigenvalue weighted by Gasteiger charge is -2.23. The molecule has 1 aliphatic heterocycles. The van der Waals surface area contributed by atoms with Crippen molar-refractivity contribution in [2.45, 2.75) is 19.4 Å². The number of para-hydroxylation sites is 1. The van der Waals surface area contributed by atoms with Crippen LogP contribution in [-0.2, 0) is 0 Å². The lowest BCUT2D eigenvalue weighted by Crippen LogP contribution is -2.38. The van der Waals surface area contributed by atoms with E-state index in [4.69, 9.17) is 4.98 Å². The second kappa shape index (κ2) is 8.13. The van der Waals surface area contributed by atoms with Crippen molar-refractivity contribution < 1.29 is 15.0 Å². The predicted octanol–water partition coefficient (Wildman–Crippen LogP) is 3.92. The molecule has 0 saturated carbocycles. The van der Waals surface area contributed by atoms with Crippen LogP contribution >= 0.6 is 12.4 Å². The Morgan fingerprint density at radius 3 is 2.69 bits per heavy atom. The third kappa shape index (κ3) is 3.91. The molecule has 0 spiro atoms. The van der Waals surface area contributed by atoms with Gasteiger partial charge in [-0.1, -0.05) is 18.2 Å². The van der Waals surface area contributed by atoms with Crippen LogP contribution in [0.3, 0.4) is 0 Å². The number of aromatic nitrogens is 2. The van der Waals surface area contributed by atoms with Crippen LogP contribution in [0.2, 0.25) is 0 Å². The summed E-state index contributed by atoms with van der Waals surface area (Å²) in [6.45, 7) is 3.29. The second-order valence-electron chi connectivity index (χ2n) is 7.19. The minimum atomic E-state index is -0.926. The number of aromatic hydroxyl groups is 1. The van der Waals surface area contributed by atoms with Crippen LogP contribution in [-0.4, -0.2) is 57.4 Å². The fraction of sp³-hybridized carbons (Fsp3) is 0.286. The van der Waals surface area contributed by atoms with Crippen LogP contribution in [0.5, 0.6) is 5.75 Å². The smallest absolute Gasteiger partial charge is 0.407 e. The first-order valence-corrected chi connectivity index (χ1v) is 9.21. The topological polar surface area (TPSA) is 89.8 Å². The zero-order chi connectivity index (χ0) is 19.8. The molecule has 8 heteroatoms. The summed E-state index contributed by atoms with van der Waals surface area (Å²) in [4.78, 5) is 24.2. The molecule has 152 valence electrons. The van der Waals surface area contributed by atoms with Crippen LogP contribution in [0, 0.1) is 6.92 Å². The Labute approximate surface area is 175 Å². The maximum Gasteiger partial charge on any atom is 0.407 e. The maximum atomic E-state index is 11.3. The number of phenols is 1. The number of phenolic OH excluding ortho intramolecular Hbond substituents is 1. The molecule has 1 atom stereocenters. The number of nitrogens with zero attached hydrogens (tertiary/aromatic N) is 4. The highest BCUT2D eigenvalue weighted by atomic mass is 35.5. The Balaban J connectivity index is 0.00000240. The van der Waals surface area contributed by atoms with Crippen molar-refractivity contribution in [3.05, 3.63) is 48.0 Å². The number of aryl methyl sites for hydroxylation is 1. The first-order valence-electron chi connectivity index (χ1n) is 9.21. The monoisotopic (exact) mass is 414 g/mol. The van der Waals surface area contributed by atoms with Crippen LogP contribution in [0.25, 0.3) is 22.3 Å². The van der Waals surface area contributed by atoms with Gasteiger partial charge in [-0.3, -0.25) is 0 Å². The Morgan fingerprint density at radius 2 is 1.97 bits per heavy atom. The largest absolute Gasteiger partial charge is 0.507 e. The molecule has 0 radical (unpaired) electrons. The SMILES string of the molecule is Cc1ccc2c(N3CC[C@H](N(C)C(=O)O)C3)nc(-c3ccccc3O)nc2c1.Cl. The Kier molecular flexibility index (Phi) is 5.79. The maximum absolute atomic E-state index is 11.3. The fourth-order valence-electron chi connectivity index (χ4n) is 3.65. The summed E-state index contributed by atoms with van der Waals surface area (Å²) in [5, 5.41) is 20.5. The van der Waals surface area contributed by atoms with E-state index >= 15 is 0 Å². The zero-order valence-electron chi connectivity index (χ0n) is 16.2. The van der Waals surface area contributed by atoms with Crippen molar-refractivity contribution >= 4 is 35.2 Å². The summed E-state index contributed by atoms with van der Waals surface area (Å²) < 4.78 is 0. The van der Waals surface area contributed by atoms with Gasteiger partial charge < -0.3 is 20.0 Å². The van der Waals surface area contributed by atoms with E-state index < -0.39 is 6.09 Å². The number of anilines is 1. The van der Waals surface area contributed by atoms with Gasteiger partial charge in [0.2, 0.25) is 0 Å². The minimum absolute atomic E-state index is 0. The van der Waals surface area contributed by atoms with Gasteiger partial charge in [-0.15, -0.1) is 12.4 Å². The molecule has 2 heterocycles. The molecular formula is C21H23ClN4O3. The van der Waals surface area contributed by atoms with Crippen molar-refractivity contribution in [3.8, 4) is 17.1 Å². The molecule has 3 aromatic rings. The number of carbonyl (C=O) groups is 1. The molecule has 0 unspecified atom stereocenters. The number of benzene rings is 2. The quantitative estimate of drug-likeness (QED) is 0.675. The Morgan fingerprint density at radius 1 is 1.21 bits per heavy atom. The predicted molar refractivity (Wildman–Crippen MR) is 115 cm³/mol. The molecule has 1 amide bonds. The summed E-state index contributed by atoms with van der Waals surface area (Å²) in [7, 11) is 1.60. The van der Waals surface area contributed by atoms with E-state index in [9.17, 15) is 15.0 Å². The van der Waals surface area contributed by atoms with Gasteiger partial charge in [-0.05, 0) is 43.2 Å². The van der Waals surface area contributed by atoms with E-state index in [1.807, 2.05) is 31.2 Å². The average Bonchev–Trinajstić information content (AvgIpc) is 3.16. The van der Waals surface area contributed by atoms with Gasteiger partial charge in [0.05, 0.1) is 17.1 Å². The summed E-state index contributed by atoms with van der Waals surface area (Å²) in [6, 6.07) is 13.0. The number of hydrogen-bond acceptors (Lipinski definition) is 5. The highest BCUT2D eigenvalue weighted by Gasteiger charge is 2.30. The lowest BCUT2D eigenvalue weighted by atomic mass is 10.1. The lowest BCUT2D eigenvalue weighted by molar-refractivity contribution is 0.142.